The molecule has 0 saturated carbocycles. The maximum Gasteiger partial charge on any atom is 0.234 e. The second-order valence-corrected chi connectivity index (χ2v) is 6.65. The Morgan fingerprint density at radius 3 is 2.58 bits per heavy atom. The molecule has 6 heteroatoms. The fourth-order valence-corrected chi connectivity index (χ4v) is 2.98. The molecule has 0 spiro atoms. The summed E-state index contributed by atoms with van der Waals surface area (Å²) in [7, 11) is 0. The van der Waals surface area contributed by atoms with Crippen LogP contribution in [-0.4, -0.2) is 27.4 Å². The van der Waals surface area contributed by atoms with Gasteiger partial charge in [0.2, 0.25) is 5.91 Å². The third kappa shape index (κ3) is 5.23. The van der Waals surface area contributed by atoms with Gasteiger partial charge < -0.3 is 10.3 Å². The molecular weight excluding hydrogens is 322 g/mol. The van der Waals surface area contributed by atoms with Crippen molar-refractivity contribution in [1.29, 1.82) is 0 Å². The van der Waals surface area contributed by atoms with Gasteiger partial charge in [-0.05, 0) is 51.0 Å². The molecule has 1 amide bonds. The van der Waals surface area contributed by atoms with Crippen LogP contribution in [0.25, 0.3) is 0 Å². The normalized spacial score (nSPS) is 10.6. The van der Waals surface area contributed by atoms with Crippen molar-refractivity contribution in [3.63, 3.8) is 0 Å². The van der Waals surface area contributed by atoms with Gasteiger partial charge in [0.1, 0.15) is 0 Å². The van der Waals surface area contributed by atoms with Crippen LogP contribution in [0.3, 0.4) is 0 Å². The predicted octanol–water partition coefficient (Wildman–Crippen LogP) is 3.99. The van der Waals surface area contributed by atoms with Crippen LogP contribution < -0.4 is 5.32 Å². The van der Waals surface area contributed by atoms with Gasteiger partial charge in [-0.15, -0.1) is 0 Å². The van der Waals surface area contributed by atoms with E-state index < -0.39 is 0 Å². The first kappa shape index (κ1) is 18.3. The van der Waals surface area contributed by atoms with Crippen LogP contribution in [0.5, 0.6) is 0 Å². The Bertz CT molecular complexity index is 708. The Labute approximate surface area is 146 Å². The third-order valence-corrected chi connectivity index (χ3v) is 4.52. The lowest BCUT2D eigenvalue weighted by atomic mass is 10.1. The van der Waals surface area contributed by atoms with Crippen molar-refractivity contribution >= 4 is 29.1 Å². The summed E-state index contributed by atoms with van der Waals surface area (Å²) in [6.07, 6.45) is 3.22. The number of unbranched alkanes of at least 4 members (excludes halogenated alkanes) is 1. The summed E-state index contributed by atoms with van der Waals surface area (Å²) in [5, 5.41) is 3.60. The van der Waals surface area contributed by atoms with Crippen LogP contribution in [0, 0.1) is 6.92 Å². The number of carbonyl (C=O) groups is 2. The molecule has 0 fully saturated rings. The monoisotopic (exact) mass is 345 g/mol. The summed E-state index contributed by atoms with van der Waals surface area (Å²) >= 11 is 1.39. The number of ketones is 1. The number of hydrogen-bond acceptors (Lipinski definition) is 4. The zero-order chi connectivity index (χ0) is 17.5. The molecule has 2 rings (SSSR count). The maximum absolute atomic E-state index is 12.0. The highest BCUT2D eigenvalue weighted by molar-refractivity contribution is 7.99. The molecule has 2 aromatic rings. The smallest absolute Gasteiger partial charge is 0.234 e. The minimum Gasteiger partial charge on any atom is -0.337 e. The number of anilines is 1. The molecule has 128 valence electrons. The molecule has 0 atom stereocenters. The van der Waals surface area contributed by atoms with Crippen LogP contribution >= 0.6 is 11.8 Å². The molecule has 5 nitrogen and oxygen atoms in total. The fourth-order valence-electron chi connectivity index (χ4n) is 2.24. The number of aromatic amines is 1. The molecule has 0 radical (unpaired) electrons. The molecule has 1 aromatic heterocycles. The van der Waals surface area contributed by atoms with Gasteiger partial charge >= 0.3 is 0 Å². The van der Waals surface area contributed by atoms with Gasteiger partial charge in [0, 0.05) is 16.9 Å². The number of nitrogens with one attached hydrogen (secondary N) is 2. The largest absolute Gasteiger partial charge is 0.337 e. The number of nitrogens with zero attached hydrogens (tertiary/aromatic N) is 1. The van der Waals surface area contributed by atoms with Crippen LogP contribution in [0.1, 0.15) is 48.4 Å². The van der Waals surface area contributed by atoms with Gasteiger partial charge in [-0.1, -0.05) is 25.1 Å². The summed E-state index contributed by atoms with van der Waals surface area (Å²) in [4.78, 5) is 31.0. The number of H-pyrrole nitrogens is 1. The first-order valence-corrected chi connectivity index (χ1v) is 9.07. The SMILES string of the molecule is CCCCc1nc(SCC(=O)Nc2ccc(C(C)=O)cc2)[nH]c1C. The van der Waals surface area contributed by atoms with E-state index in [1.54, 1.807) is 24.3 Å². The van der Waals surface area contributed by atoms with Crippen molar-refractivity contribution in [2.24, 2.45) is 0 Å². The average molecular weight is 345 g/mol. The van der Waals surface area contributed by atoms with E-state index in [-0.39, 0.29) is 17.4 Å². The summed E-state index contributed by atoms with van der Waals surface area (Å²) in [5.74, 6) is 0.199. The Hall–Kier alpha value is -2.08. The molecule has 1 heterocycles. The van der Waals surface area contributed by atoms with Crippen LogP contribution in [0.4, 0.5) is 5.69 Å². The summed E-state index contributed by atoms with van der Waals surface area (Å²) in [5.41, 5.74) is 3.48. The number of imidazole rings is 1. The molecule has 0 bridgehead atoms. The van der Waals surface area contributed by atoms with Crippen LogP contribution in [0.15, 0.2) is 29.4 Å². The second-order valence-electron chi connectivity index (χ2n) is 5.69. The average Bonchev–Trinajstić information content (AvgIpc) is 2.91. The van der Waals surface area contributed by atoms with Gasteiger partial charge in [-0.3, -0.25) is 9.59 Å². The van der Waals surface area contributed by atoms with E-state index in [0.717, 1.165) is 35.8 Å². The number of aryl methyl sites for hydroxylation is 2. The molecule has 0 saturated heterocycles. The van der Waals surface area contributed by atoms with E-state index in [1.807, 2.05) is 6.92 Å². The second kappa shape index (κ2) is 8.68. The molecule has 24 heavy (non-hydrogen) atoms. The number of carbonyl (C=O) groups excluding carboxylic acids is 2. The molecule has 0 unspecified atom stereocenters. The van der Waals surface area contributed by atoms with Gasteiger partial charge in [-0.2, -0.15) is 0 Å². The molecule has 2 N–H and O–H groups in total. The first-order valence-electron chi connectivity index (χ1n) is 8.08. The van der Waals surface area contributed by atoms with Crippen LogP contribution in [0.2, 0.25) is 0 Å². The van der Waals surface area contributed by atoms with Crippen molar-refractivity contribution in [2.75, 3.05) is 11.1 Å². The number of hydrogen-bond donors (Lipinski definition) is 2. The van der Waals surface area contributed by atoms with E-state index in [0.29, 0.717) is 11.3 Å². The molecule has 0 aliphatic carbocycles. The molecule has 0 aliphatic heterocycles. The lowest BCUT2D eigenvalue weighted by Gasteiger charge is -2.05. The fraction of sp³-hybridized carbons (Fsp3) is 0.389. The lowest BCUT2D eigenvalue weighted by Crippen LogP contribution is -2.14. The molecule has 1 aromatic carbocycles. The Morgan fingerprint density at radius 1 is 1.25 bits per heavy atom. The number of Topliss-reactive ketones (excluding diaryl/α,β-unsaturated/α-hetero) is 1. The summed E-state index contributed by atoms with van der Waals surface area (Å²) in [6, 6.07) is 6.89. The topological polar surface area (TPSA) is 74.8 Å². The molecular formula is C18H23N3O2S. The van der Waals surface area contributed by atoms with Crippen molar-refractivity contribution in [2.45, 2.75) is 45.2 Å². The Morgan fingerprint density at radius 2 is 1.96 bits per heavy atom. The number of aromatic nitrogens is 2. The number of thioether (sulfide) groups is 1. The standard InChI is InChI=1S/C18H23N3O2S/c1-4-5-6-16-12(2)19-18(21-16)24-11-17(23)20-15-9-7-14(8-10-15)13(3)22/h7-10H,4-6,11H2,1-3H3,(H,19,21)(H,20,23). The minimum absolute atomic E-state index is 0.00972. The van der Waals surface area contributed by atoms with Crippen molar-refractivity contribution in [1.82, 2.24) is 9.97 Å². The number of benzene rings is 1. The predicted molar refractivity (Wildman–Crippen MR) is 97.7 cm³/mol. The van der Waals surface area contributed by atoms with Crippen molar-refractivity contribution < 1.29 is 9.59 Å². The maximum atomic E-state index is 12.0. The van der Waals surface area contributed by atoms with E-state index in [9.17, 15) is 9.59 Å². The van der Waals surface area contributed by atoms with Crippen molar-refractivity contribution in [3.8, 4) is 0 Å². The van der Waals surface area contributed by atoms with Gasteiger partial charge in [-0.25, -0.2) is 4.98 Å². The van der Waals surface area contributed by atoms with Gasteiger partial charge in [0.25, 0.3) is 0 Å². The summed E-state index contributed by atoms with van der Waals surface area (Å²) in [6.45, 7) is 5.69. The quantitative estimate of drug-likeness (QED) is 0.560. The van der Waals surface area contributed by atoms with E-state index in [4.69, 9.17) is 0 Å². The van der Waals surface area contributed by atoms with Gasteiger partial charge in [0.15, 0.2) is 10.9 Å². The highest BCUT2D eigenvalue weighted by atomic mass is 32.2. The highest BCUT2D eigenvalue weighted by Gasteiger charge is 2.10. The Balaban J connectivity index is 1.85. The van der Waals surface area contributed by atoms with Crippen molar-refractivity contribution in [3.05, 3.63) is 41.2 Å². The number of rotatable bonds is 8. The number of amides is 1. The zero-order valence-corrected chi connectivity index (χ0v) is 15.1. The Kier molecular flexibility index (Phi) is 6.61. The zero-order valence-electron chi connectivity index (χ0n) is 14.3. The lowest BCUT2D eigenvalue weighted by molar-refractivity contribution is -0.113. The molecule has 0 aliphatic rings. The van der Waals surface area contributed by atoms with E-state index in [1.165, 1.54) is 18.7 Å². The first-order chi connectivity index (χ1) is 11.5. The van der Waals surface area contributed by atoms with E-state index in [2.05, 4.69) is 22.2 Å². The van der Waals surface area contributed by atoms with Crippen LogP contribution in [-0.2, 0) is 11.2 Å². The van der Waals surface area contributed by atoms with Gasteiger partial charge in [0.05, 0.1) is 11.4 Å². The summed E-state index contributed by atoms with van der Waals surface area (Å²) < 4.78 is 0. The van der Waals surface area contributed by atoms with E-state index >= 15 is 0 Å². The highest BCUT2D eigenvalue weighted by Crippen LogP contribution is 2.18. The third-order valence-electron chi connectivity index (χ3n) is 3.65. The minimum atomic E-state index is -0.0975.